The van der Waals surface area contributed by atoms with Crippen LogP contribution in [0.4, 0.5) is 0 Å². The van der Waals surface area contributed by atoms with Crippen molar-refractivity contribution >= 4 is 16.0 Å². The molecule has 21 heavy (non-hydrogen) atoms. The number of rotatable bonds is 7. The highest BCUT2D eigenvalue weighted by molar-refractivity contribution is 7.89. The number of carboxylic acids is 1. The fraction of sp³-hybridized carbons (Fsp3) is 0.533. The summed E-state index contributed by atoms with van der Waals surface area (Å²) in [5.74, 6) is -1.04. The molecule has 6 heteroatoms. The van der Waals surface area contributed by atoms with Crippen LogP contribution in [0, 0.1) is 5.92 Å². The summed E-state index contributed by atoms with van der Waals surface area (Å²) in [5, 5.41) is 8.87. The van der Waals surface area contributed by atoms with Gasteiger partial charge >= 0.3 is 5.97 Å². The van der Waals surface area contributed by atoms with E-state index in [4.69, 9.17) is 5.11 Å². The molecule has 0 saturated heterocycles. The first-order valence-corrected chi connectivity index (χ1v) is 8.79. The molecular weight excluding hydrogens is 290 g/mol. The smallest absolute Gasteiger partial charge is 0.318 e. The Labute approximate surface area is 125 Å². The van der Waals surface area contributed by atoms with E-state index < -0.39 is 22.5 Å². The van der Waals surface area contributed by atoms with Crippen LogP contribution in [-0.2, 0) is 27.7 Å². The fourth-order valence-corrected chi connectivity index (χ4v) is 4.70. The number of benzene rings is 1. The lowest BCUT2D eigenvalue weighted by Crippen LogP contribution is -2.39. The zero-order valence-electron chi connectivity index (χ0n) is 12.2. The van der Waals surface area contributed by atoms with Gasteiger partial charge in [-0.3, -0.25) is 4.79 Å². The van der Waals surface area contributed by atoms with Gasteiger partial charge in [0, 0.05) is 6.54 Å². The molecule has 0 aromatic heterocycles. The van der Waals surface area contributed by atoms with Crippen molar-refractivity contribution in [1.82, 2.24) is 4.31 Å². The minimum Gasteiger partial charge on any atom is -0.480 e. The standard InChI is InChI=1S/C15H21NO4S/c1-2-7-16(10-15(17)18)21(19,20)11-12-8-13-5-3-4-6-14(13)9-12/h3-6,12H,2,7-11H2,1H3,(H,17,18). The first-order valence-electron chi connectivity index (χ1n) is 7.18. The zero-order chi connectivity index (χ0) is 15.5. The van der Waals surface area contributed by atoms with E-state index in [1.165, 1.54) is 11.1 Å². The number of hydrogen-bond donors (Lipinski definition) is 1. The lowest BCUT2D eigenvalue weighted by atomic mass is 10.1. The Morgan fingerprint density at radius 2 is 1.86 bits per heavy atom. The van der Waals surface area contributed by atoms with E-state index in [9.17, 15) is 13.2 Å². The molecule has 0 aliphatic heterocycles. The van der Waals surface area contributed by atoms with Crippen molar-refractivity contribution in [3.8, 4) is 0 Å². The predicted molar refractivity (Wildman–Crippen MR) is 80.6 cm³/mol. The molecule has 1 aliphatic carbocycles. The lowest BCUT2D eigenvalue weighted by molar-refractivity contribution is -0.137. The summed E-state index contributed by atoms with van der Waals surface area (Å²) in [6.07, 6.45) is 2.11. The Balaban J connectivity index is 2.05. The van der Waals surface area contributed by atoms with Crippen molar-refractivity contribution in [2.24, 2.45) is 5.92 Å². The first kappa shape index (κ1) is 16.0. The largest absolute Gasteiger partial charge is 0.480 e. The number of nitrogens with zero attached hydrogens (tertiary/aromatic N) is 1. The lowest BCUT2D eigenvalue weighted by Gasteiger charge is -2.21. The van der Waals surface area contributed by atoms with Crippen LogP contribution >= 0.6 is 0 Å². The molecule has 0 spiro atoms. The summed E-state index contributed by atoms with van der Waals surface area (Å²) in [5.41, 5.74) is 2.41. The summed E-state index contributed by atoms with van der Waals surface area (Å²) in [7, 11) is -3.53. The molecule has 0 saturated carbocycles. The molecule has 5 nitrogen and oxygen atoms in total. The number of carboxylic acid groups (broad SMARTS) is 1. The summed E-state index contributed by atoms with van der Waals surface area (Å²) in [6.45, 7) is 1.65. The van der Waals surface area contributed by atoms with E-state index in [0.29, 0.717) is 6.42 Å². The molecule has 0 amide bonds. The van der Waals surface area contributed by atoms with Gasteiger partial charge in [-0.2, -0.15) is 4.31 Å². The molecule has 1 aromatic carbocycles. The van der Waals surface area contributed by atoms with E-state index in [2.05, 4.69) is 0 Å². The molecule has 2 rings (SSSR count). The van der Waals surface area contributed by atoms with Crippen LogP contribution in [0.25, 0.3) is 0 Å². The highest BCUT2D eigenvalue weighted by Crippen LogP contribution is 2.28. The van der Waals surface area contributed by atoms with Crippen molar-refractivity contribution < 1.29 is 18.3 Å². The second-order valence-corrected chi connectivity index (χ2v) is 7.56. The Bertz CT molecular complexity index is 587. The van der Waals surface area contributed by atoms with Crippen molar-refractivity contribution in [3.05, 3.63) is 35.4 Å². The van der Waals surface area contributed by atoms with Gasteiger partial charge in [-0.15, -0.1) is 0 Å². The van der Waals surface area contributed by atoms with Gasteiger partial charge in [0.2, 0.25) is 10.0 Å². The van der Waals surface area contributed by atoms with Crippen molar-refractivity contribution in [3.63, 3.8) is 0 Å². The van der Waals surface area contributed by atoms with Gasteiger partial charge in [-0.25, -0.2) is 8.42 Å². The first-order chi connectivity index (χ1) is 9.92. The number of fused-ring (bicyclic) bond motifs is 1. The SMILES string of the molecule is CCCN(CC(=O)O)S(=O)(=O)CC1Cc2ccccc2C1. The third-order valence-electron chi connectivity index (χ3n) is 3.76. The maximum absolute atomic E-state index is 12.4. The van der Waals surface area contributed by atoms with E-state index in [1.54, 1.807) is 0 Å². The van der Waals surface area contributed by atoms with Crippen LogP contribution in [0.15, 0.2) is 24.3 Å². The van der Waals surface area contributed by atoms with Crippen LogP contribution in [-0.4, -0.2) is 42.6 Å². The van der Waals surface area contributed by atoms with Gasteiger partial charge in [0.25, 0.3) is 0 Å². The third kappa shape index (κ3) is 4.04. The number of sulfonamides is 1. The Kier molecular flexibility index (Phi) is 5.00. The number of carbonyl (C=O) groups is 1. The van der Waals surface area contributed by atoms with Gasteiger partial charge in [0.05, 0.1) is 5.75 Å². The van der Waals surface area contributed by atoms with E-state index in [-0.39, 0.29) is 18.2 Å². The second kappa shape index (κ2) is 6.58. The molecule has 0 fully saturated rings. The second-order valence-electron chi connectivity index (χ2n) is 5.55. The van der Waals surface area contributed by atoms with Crippen LogP contribution < -0.4 is 0 Å². The summed E-state index contributed by atoms with van der Waals surface area (Å²) in [4.78, 5) is 10.8. The van der Waals surface area contributed by atoms with Crippen LogP contribution in [0.1, 0.15) is 24.5 Å². The van der Waals surface area contributed by atoms with Gasteiger partial charge in [-0.05, 0) is 36.3 Å². The molecule has 1 aromatic rings. The summed E-state index contributed by atoms with van der Waals surface area (Å²) >= 11 is 0. The van der Waals surface area contributed by atoms with Crippen LogP contribution in [0.3, 0.4) is 0 Å². The van der Waals surface area contributed by atoms with Crippen molar-refractivity contribution in [1.29, 1.82) is 0 Å². The third-order valence-corrected chi connectivity index (χ3v) is 5.75. The van der Waals surface area contributed by atoms with Crippen molar-refractivity contribution in [2.75, 3.05) is 18.8 Å². The maximum Gasteiger partial charge on any atom is 0.318 e. The Morgan fingerprint density at radius 1 is 1.29 bits per heavy atom. The van der Waals surface area contributed by atoms with E-state index in [0.717, 1.165) is 17.1 Å². The minimum atomic E-state index is -3.53. The number of aliphatic carboxylic acids is 1. The Morgan fingerprint density at radius 3 is 2.33 bits per heavy atom. The topological polar surface area (TPSA) is 74.7 Å². The average molecular weight is 311 g/mol. The predicted octanol–water partition coefficient (Wildman–Crippen LogP) is 1.53. The average Bonchev–Trinajstić information content (AvgIpc) is 2.78. The normalized spacial score (nSPS) is 15.3. The molecule has 0 atom stereocenters. The van der Waals surface area contributed by atoms with Crippen LogP contribution in [0.2, 0.25) is 0 Å². The minimum absolute atomic E-state index is 0.0228. The molecule has 0 heterocycles. The van der Waals surface area contributed by atoms with Gasteiger partial charge in [-0.1, -0.05) is 31.2 Å². The fourth-order valence-electron chi connectivity index (χ4n) is 2.89. The monoisotopic (exact) mass is 311 g/mol. The summed E-state index contributed by atoms with van der Waals surface area (Å²) < 4.78 is 25.9. The molecule has 0 radical (unpaired) electrons. The summed E-state index contributed by atoms with van der Waals surface area (Å²) in [6, 6.07) is 7.99. The molecular formula is C15H21NO4S. The van der Waals surface area contributed by atoms with E-state index >= 15 is 0 Å². The van der Waals surface area contributed by atoms with Gasteiger partial charge in [0.15, 0.2) is 0 Å². The zero-order valence-corrected chi connectivity index (χ0v) is 13.0. The molecule has 0 unspecified atom stereocenters. The maximum atomic E-state index is 12.4. The molecule has 1 aliphatic rings. The molecule has 1 N–H and O–H groups in total. The highest BCUT2D eigenvalue weighted by atomic mass is 32.2. The van der Waals surface area contributed by atoms with Gasteiger partial charge in [0.1, 0.15) is 6.54 Å². The quantitative estimate of drug-likeness (QED) is 0.828. The number of hydrogen-bond acceptors (Lipinski definition) is 3. The molecule has 116 valence electrons. The van der Waals surface area contributed by atoms with Crippen LogP contribution in [0.5, 0.6) is 0 Å². The highest BCUT2D eigenvalue weighted by Gasteiger charge is 2.30. The van der Waals surface area contributed by atoms with E-state index in [1.807, 2.05) is 31.2 Å². The van der Waals surface area contributed by atoms with Gasteiger partial charge < -0.3 is 5.11 Å². The van der Waals surface area contributed by atoms with Crippen molar-refractivity contribution in [2.45, 2.75) is 26.2 Å². The molecule has 0 bridgehead atoms. The Hall–Kier alpha value is -1.40.